The molecule has 10 heteroatoms. The average Bonchev–Trinajstić information content (AvgIpc) is 3.77. The minimum atomic E-state index is -0.353. The first-order valence-electron chi connectivity index (χ1n) is 16.9. The Labute approximate surface area is 285 Å². The van der Waals surface area contributed by atoms with Gasteiger partial charge in [0.25, 0.3) is 0 Å². The Morgan fingerprint density at radius 3 is 2.76 bits per heavy atom. The number of hydrogen-bond donors (Lipinski definition) is 3. The van der Waals surface area contributed by atoms with E-state index in [1.807, 2.05) is 49.5 Å². The van der Waals surface area contributed by atoms with Crippen LogP contribution in [0.2, 0.25) is 0 Å². The number of ether oxygens (including phenoxy) is 3. The first-order chi connectivity index (χ1) is 24.0. The van der Waals surface area contributed by atoms with Gasteiger partial charge in [-0.1, -0.05) is 62.4 Å². The maximum atomic E-state index is 13.0. The van der Waals surface area contributed by atoms with Crippen molar-refractivity contribution in [2.24, 2.45) is 5.92 Å². The standard InChI is InChI=1S/C39H42N6O4/c1-4-14-45(39(46)49-23-26-8-6-5-7-9-26)21-37-42-33-13-11-27-16-32-30-12-10-28(15-29(30)24-48-35(32)17-31(27)38(33)44-37)34-19-41-36(43-34)20-40-18-25(2)22-47-3/h5-13,15-17,19,25,40H,4,14,18,20-24H2,1-3H3,(H,41,43)(H,42,44). The number of nitrogens with one attached hydrogen (secondary N) is 3. The lowest BCUT2D eigenvalue weighted by Gasteiger charge is -2.22. The SMILES string of the molecule is CCCN(Cc1nc2ccc3cc4c(cc3c2[nH]1)OCc1cc(-c2cnc(CNCC(C)COC)[nH]2)ccc1-4)C(=O)OCc1ccccc1. The summed E-state index contributed by atoms with van der Waals surface area (Å²) in [6.07, 6.45) is 2.35. The van der Waals surface area contributed by atoms with E-state index in [1.165, 1.54) is 0 Å². The second kappa shape index (κ2) is 14.5. The monoisotopic (exact) mass is 658 g/mol. The summed E-state index contributed by atoms with van der Waals surface area (Å²) in [7, 11) is 1.73. The summed E-state index contributed by atoms with van der Waals surface area (Å²) in [4.78, 5) is 31.1. The van der Waals surface area contributed by atoms with Crippen LogP contribution in [-0.4, -0.2) is 57.7 Å². The Hall–Kier alpha value is -5.19. The highest BCUT2D eigenvalue weighted by atomic mass is 16.6. The molecule has 1 amide bonds. The molecule has 0 saturated carbocycles. The van der Waals surface area contributed by atoms with Crippen molar-refractivity contribution >= 4 is 27.9 Å². The number of imidazole rings is 2. The van der Waals surface area contributed by atoms with E-state index in [4.69, 9.17) is 19.2 Å². The van der Waals surface area contributed by atoms with Crippen molar-refractivity contribution in [2.75, 3.05) is 26.8 Å². The van der Waals surface area contributed by atoms with Crippen LogP contribution in [0.4, 0.5) is 4.79 Å². The first-order valence-corrected chi connectivity index (χ1v) is 16.9. The van der Waals surface area contributed by atoms with Crippen LogP contribution in [0.5, 0.6) is 5.75 Å². The van der Waals surface area contributed by atoms with Gasteiger partial charge in [-0.25, -0.2) is 14.8 Å². The Balaban J connectivity index is 1.08. The number of aromatic nitrogens is 4. The molecule has 4 aromatic carbocycles. The molecule has 1 aliphatic rings. The number of H-pyrrole nitrogens is 2. The quantitative estimate of drug-likeness (QED) is 0.117. The molecular weight excluding hydrogens is 616 g/mol. The third-order valence-corrected chi connectivity index (χ3v) is 8.87. The summed E-state index contributed by atoms with van der Waals surface area (Å²) in [5.41, 5.74) is 8.13. The van der Waals surface area contributed by atoms with Crippen molar-refractivity contribution in [3.05, 3.63) is 102 Å². The van der Waals surface area contributed by atoms with Gasteiger partial charge < -0.3 is 34.4 Å². The Morgan fingerprint density at radius 1 is 1.04 bits per heavy atom. The first kappa shape index (κ1) is 32.4. The molecule has 0 radical (unpaired) electrons. The maximum Gasteiger partial charge on any atom is 0.410 e. The lowest BCUT2D eigenvalue weighted by atomic mass is 9.92. The fraction of sp³-hybridized carbons (Fsp3) is 0.308. The van der Waals surface area contributed by atoms with Gasteiger partial charge in [0.2, 0.25) is 0 Å². The third kappa shape index (κ3) is 7.16. The highest BCUT2D eigenvalue weighted by molar-refractivity contribution is 6.07. The van der Waals surface area contributed by atoms with E-state index in [0.29, 0.717) is 38.0 Å². The molecule has 0 saturated heterocycles. The second-order valence-electron chi connectivity index (χ2n) is 12.8. The molecule has 0 bridgehead atoms. The molecule has 1 atom stereocenters. The predicted molar refractivity (Wildman–Crippen MR) is 191 cm³/mol. The highest BCUT2D eigenvalue weighted by Crippen LogP contribution is 2.42. The molecule has 0 aliphatic carbocycles. The van der Waals surface area contributed by atoms with Gasteiger partial charge >= 0.3 is 6.09 Å². The van der Waals surface area contributed by atoms with Crippen LogP contribution in [0.25, 0.3) is 44.2 Å². The van der Waals surface area contributed by atoms with E-state index >= 15 is 0 Å². The fourth-order valence-corrected chi connectivity index (χ4v) is 6.46. The highest BCUT2D eigenvalue weighted by Gasteiger charge is 2.22. The van der Waals surface area contributed by atoms with Crippen molar-refractivity contribution in [3.8, 4) is 28.1 Å². The van der Waals surface area contributed by atoms with Gasteiger partial charge in [0.1, 0.15) is 30.6 Å². The summed E-state index contributed by atoms with van der Waals surface area (Å²) >= 11 is 0. The minimum absolute atomic E-state index is 0.234. The average molecular weight is 659 g/mol. The molecule has 0 spiro atoms. The Kier molecular flexibility index (Phi) is 9.58. The number of amides is 1. The van der Waals surface area contributed by atoms with E-state index in [-0.39, 0.29) is 12.7 Å². The van der Waals surface area contributed by atoms with Crippen LogP contribution in [0.3, 0.4) is 0 Å². The van der Waals surface area contributed by atoms with Crippen molar-refractivity contribution in [3.63, 3.8) is 0 Å². The second-order valence-corrected chi connectivity index (χ2v) is 12.8. The van der Waals surface area contributed by atoms with E-state index in [1.54, 1.807) is 12.0 Å². The summed E-state index contributed by atoms with van der Waals surface area (Å²) in [6.45, 7) is 8.08. The smallest absolute Gasteiger partial charge is 0.410 e. The molecule has 6 aromatic rings. The zero-order chi connectivity index (χ0) is 33.7. The molecular formula is C39H42N6O4. The molecule has 2 aromatic heterocycles. The number of fused-ring (bicyclic) bond motifs is 6. The van der Waals surface area contributed by atoms with E-state index in [0.717, 1.165) is 86.5 Å². The minimum Gasteiger partial charge on any atom is -0.488 e. The topological polar surface area (TPSA) is 117 Å². The van der Waals surface area contributed by atoms with Crippen LogP contribution in [0.15, 0.2) is 79.0 Å². The third-order valence-electron chi connectivity index (χ3n) is 8.87. The van der Waals surface area contributed by atoms with Gasteiger partial charge in [0.05, 0.1) is 36.0 Å². The molecule has 10 nitrogen and oxygen atoms in total. The predicted octanol–water partition coefficient (Wildman–Crippen LogP) is 7.59. The number of aromatic amines is 2. The van der Waals surface area contributed by atoms with Crippen LogP contribution in [-0.2, 0) is 35.8 Å². The number of methoxy groups -OCH3 is 1. The largest absolute Gasteiger partial charge is 0.488 e. The van der Waals surface area contributed by atoms with E-state index < -0.39 is 0 Å². The Morgan fingerprint density at radius 2 is 1.92 bits per heavy atom. The molecule has 1 unspecified atom stereocenters. The van der Waals surface area contributed by atoms with Gasteiger partial charge in [-0.05, 0) is 64.2 Å². The van der Waals surface area contributed by atoms with E-state index in [2.05, 4.69) is 63.6 Å². The number of nitrogens with zero attached hydrogens (tertiary/aromatic N) is 3. The lowest BCUT2D eigenvalue weighted by molar-refractivity contribution is 0.0928. The van der Waals surface area contributed by atoms with Gasteiger partial charge in [-0.3, -0.25) is 0 Å². The number of carbonyl (C=O) groups excluding carboxylic acids is 1. The summed E-state index contributed by atoms with van der Waals surface area (Å²) < 4.78 is 17.2. The number of benzene rings is 4. The molecule has 1 aliphatic heterocycles. The molecule has 252 valence electrons. The van der Waals surface area contributed by atoms with Crippen LogP contribution < -0.4 is 10.1 Å². The van der Waals surface area contributed by atoms with Crippen LogP contribution >= 0.6 is 0 Å². The number of rotatable bonds is 13. The van der Waals surface area contributed by atoms with Gasteiger partial charge in [-0.2, -0.15) is 0 Å². The summed E-state index contributed by atoms with van der Waals surface area (Å²) in [5, 5.41) is 5.56. The maximum absolute atomic E-state index is 13.0. The number of hydrogen-bond acceptors (Lipinski definition) is 7. The lowest BCUT2D eigenvalue weighted by Crippen LogP contribution is -2.32. The van der Waals surface area contributed by atoms with Crippen molar-refractivity contribution in [2.45, 2.75) is 46.6 Å². The van der Waals surface area contributed by atoms with Gasteiger partial charge in [0.15, 0.2) is 0 Å². The number of carbonyl (C=O) groups is 1. The van der Waals surface area contributed by atoms with Crippen molar-refractivity contribution < 1.29 is 19.0 Å². The van der Waals surface area contributed by atoms with Gasteiger partial charge in [-0.15, -0.1) is 0 Å². The summed E-state index contributed by atoms with van der Waals surface area (Å²) in [5.74, 6) is 2.89. The van der Waals surface area contributed by atoms with Crippen LogP contribution in [0, 0.1) is 5.92 Å². The molecule has 0 fully saturated rings. The zero-order valence-corrected chi connectivity index (χ0v) is 28.2. The van der Waals surface area contributed by atoms with Crippen LogP contribution in [0.1, 0.15) is 43.0 Å². The molecule has 3 N–H and O–H groups in total. The molecule has 49 heavy (non-hydrogen) atoms. The van der Waals surface area contributed by atoms with Crippen molar-refractivity contribution in [1.82, 2.24) is 30.2 Å². The van der Waals surface area contributed by atoms with E-state index in [9.17, 15) is 4.79 Å². The molecule has 3 heterocycles. The Bertz CT molecular complexity index is 2070. The van der Waals surface area contributed by atoms with Gasteiger partial charge in [0, 0.05) is 37.8 Å². The fourth-order valence-electron chi connectivity index (χ4n) is 6.46. The normalized spacial score (nSPS) is 12.8. The summed E-state index contributed by atoms with van der Waals surface area (Å²) in [6, 6.07) is 24.6. The zero-order valence-electron chi connectivity index (χ0n) is 28.2. The molecule has 7 rings (SSSR count). The van der Waals surface area contributed by atoms with Crippen molar-refractivity contribution in [1.29, 1.82) is 0 Å².